The minimum atomic E-state index is -1.34. The van der Waals surface area contributed by atoms with Crippen LogP contribution in [0.15, 0.2) is 24.3 Å². The van der Waals surface area contributed by atoms with E-state index in [9.17, 15) is 9.18 Å². The van der Waals surface area contributed by atoms with Crippen LogP contribution in [0.5, 0.6) is 0 Å². The number of nitrogens with two attached hydrogens (primary N) is 1. The van der Waals surface area contributed by atoms with Gasteiger partial charge in [-0.25, -0.2) is 0 Å². The van der Waals surface area contributed by atoms with Gasteiger partial charge in [0.2, 0.25) is 0 Å². The number of hydrogen-bond acceptors (Lipinski definition) is 2. The summed E-state index contributed by atoms with van der Waals surface area (Å²) in [5.41, 5.74) is 6.28. The quantitative estimate of drug-likeness (QED) is 0.783. The van der Waals surface area contributed by atoms with E-state index >= 15 is 0 Å². The lowest BCUT2D eigenvalue weighted by Crippen LogP contribution is -2.14. The van der Waals surface area contributed by atoms with Crippen molar-refractivity contribution in [2.75, 3.05) is 6.54 Å². The van der Waals surface area contributed by atoms with Crippen LogP contribution in [0, 0.1) is 0 Å². The molecule has 0 aromatic heterocycles. The van der Waals surface area contributed by atoms with E-state index in [1.165, 1.54) is 0 Å². The van der Waals surface area contributed by atoms with Crippen molar-refractivity contribution < 1.29 is 9.18 Å². The van der Waals surface area contributed by atoms with Crippen molar-refractivity contribution in [1.29, 1.82) is 0 Å². The predicted octanol–water partition coefficient (Wildman–Crippen LogP) is 2.27. The van der Waals surface area contributed by atoms with Crippen LogP contribution in [-0.2, 0) is 4.79 Å². The van der Waals surface area contributed by atoms with Crippen LogP contribution in [0.3, 0.4) is 0 Å². The number of halogens is 2. The second-order valence-electron chi connectivity index (χ2n) is 3.04. The molecule has 0 saturated heterocycles. The van der Waals surface area contributed by atoms with Gasteiger partial charge in [0.15, 0.2) is 0 Å². The number of carbonyl (C=O) groups is 1. The molecule has 1 rings (SSSR count). The minimum Gasteiger partial charge on any atom is -0.330 e. The third-order valence-electron chi connectivity index (χ3n) is 2.03. The average Bonchev–Trinajstić information content (AvgIpc) is 2.15. The summed E-state index contributed by atoms with van der Waals surface area (Å²) in [7, 11) is 0. The Labute approximate surface area is 86.9 Å². The molecule has 14 heavy (non-hydrogen) atoms. The first-order valence-electron chi connectivity index (χ1n) is 4.27. The molecule has 1 aromatic carbocycles. The van der Waals surface area contributed by atoms with Crippen molar-refractivity contribution in [3.05, 3.63) is 34.9 Å². The van der Waals surface area contributed by atoms with Crippen LogP contribution in [0.1, 0.15) is 17.9 Å². The van der Waals surface area contributed by atoms with E-state index < -0.39 is 6.04 Å². The molecule has 0 spiro atoms. The van der Waals surface area contributed by atoms with Gasteiger partial charge in [0.05, 0.1) is 0 Å². The molecule has 0 aliphatic rings. The summed E-state index contributed by atoms with van der Waals surface area (Å²) in [6.45, 7) is 0.247. The van der Waals surface area contributed by atoms with E-state index in [4.69, 9.17) is 17.3 Å². The lowest BCUT2D eigenvalue weighted by atomic mass is 9.96. The summed E-state index contributed by atoms with van der Waals surface area (Å²) in [6.07, 6.45) is -0.169. The molecule has 0 saturated carbocycles. The van der Waals surface area contributed by atoms with E-state index in [2.05, 4.69) is 0 Å². The van der Waals surface area contributed by atoms with Crippen LogP contribution in [-0.4, -0.2) is 12.6 Å². The Morgan fingerprint density at radius 3 is 2.43 bits per heavy atom. The highest BCUT2D eigenvalue weighted by Crippen LogP contribution is 2.20. The molecule has 0 bridgehead atoms. The molecule has 1 aromatic rings. The summed E-state index contributed by atoms with van der Waals surface area (Å²) in [6, 6.07) is 5.56. The first-order chi connectivity index (χ1) is 6.63. The highest BCUT2D eigenvalue weighted by molar-refractivity contribution is 6.30. The third-order valence-corrected chi connectivity index (χ3v) is 2.28. The number of carbonyl (C=O) groups excluding carboxylic acids is 1. The van der Waals surface area contributed by atoms with E-state index in [0.717, 1.165) is 5.56 Å². The van der Waals surface area contributed by atoms with Crippen molar-refractivity contribution in [3.63, 3.8) is 0 Å². The Balaban J connectivity index is 2.78. The van der Waals surface area contributed by atoms with Crippen LogP contribution < -0.4 is 5.73 Å². The molecular weight excluding hydrogens is 205 g/mol. The summed E-state index contributed by atoms with van der Waals surface area (Å²) in [5.74, 6) is -0.259. The first kappa shape index (κ1) is 11.1. The predicted molar refractivity (Wildman–Crippen MR) is 54.0 cm³/mol. The fraction of sp³-hybridized carbons (Fsp3) is 0.300. The maximum atomic E-state index is 12.2. The molecule has 1 atom stereocenters. The molecule has 0 fully saturated rings. The lowest BCUT2D eigenvalue weighted by molar-refractivity contribution is -0.129. The Hall–Kier alpha value is -0.930. The van der Waals surface area contributed by atoms with Gasteiger partial charge in [-0.1, -0.05) is 23.7 Å². The number of rotatable bonds is 4. The van der Waals surface area contributed by atoms with Crippen LogP contribution in [0.4, 0.5) is 4.39 Å². The highest BCUT2D eigenvalue weighted by atomic mass is 35.5. The van der Waals surface area contributed by atoms with Crippen molar-refractivity contribution in [3.8, 4) is 0 Å². The summed E-state index contributed by atoms with van der Waals surface area (Å²) in [4.78, 5) is 10.3. The molecule has 2 nitrogen and oxygen atoms in total. The fourth-order valence-electron chi connectivity index (χ4n) is 1.27. The highest BCUT2D eigenvalue weighted by Gasteiger charge is 2.13. The molecule has 1 unspecified atom stereocenters. The Morgan fingerprint density at radius 1 is 1.43 bits per heavy atom. The Morgan fingerprint density at radius 2 is 2.00 bits per heavy atom. The van der Waals surface area contributed by atoms with Gasteiger partial charge in [0.1, 0.15) is 0 Å². The second kappa shape index (κ2) is 5.08. The van der Waals surface area contributed by atoms with E-state index in [1.807, 2.05) is 0 Å². The lowest BCUT2D eigenvalue weighted by Gasteiger charge is -2.11. The van der Waals surface area contributed by atoms with Gasteiger partial charge in [-0.3, -0.25) is 4.79 Å². The summed E-state index contributed by atoms with van der Waals surface area (Å²) < 4.78 is 12.2. The molecule has 0 aliphatic heterocycles. The largest absolute Gasteiger partial charge is 0.330 e. The van der Waals surface area contributed by atoms with Gasteiger partial charge in [-0.05, 0) is 24.2 Å². The molecule has 0 heterocycles. The van der Waals surface area contributed by atoms with E-state index in [0.29, 0.717) is 5.02 Å². The second-order valence-corrected chi connectivity index (χ2v) is 3.48. The first-order valence-corrected chi connectivity index (χ1v) is 4.65. The molecule has 0 amide bonds. The van der Waals surface area contributed by atoms with Crippen molar-refractivity contribution in [1.82, 2.24) is 0 Å². The van der Waals surface area contributed by atoms with Crippen molar-refractivity contribution in [2.24, 2.45) is 5.73 Å². The molecule has 0 aliphatic carbocycles. The zero-order valence-electron chi connectivity index (χ0n) is 7.54. The molecular formula is C10H11ClFNO. The van der Waals surface area contributed by atoms with Gasteiger partial charge < -0.3 is 5.73 Å². The van der Waals surface area contributed by atoms with Gasteiger partial charge in [0.25, 0.3) is 0 Å². The summed E-state index contributed by atoms with van der Waals surface area (Å²) >= 11 is 5.69. The Bertz CT molecular complexity index is 312. The zero-order valence-corrected chi connectivity index (χ0v) is 8.30. The average molecular weight is 216 g/mol. The zero-order chi connectivity index (χ0) is 10.6. The SMILES string of the molecule is NCC(CC(=O)F)c1ccc(Cl)cc1. The monoisotopic (exact) mass is 215 g/mol. The molecule has 4 heteroatoms. The van der Waals surface area contributed by atoms with Crippen LogP contribution >= 0.6 is 11.6 Å². The van der Waals surface area contributed by atoms with Crippen LogP contribution in [0.2, 0.25) is 5.02 Å². The molecule has 76 valence electrons. The van der Waals surface area contributed by atoms with Crippen molar-refractivity contribution >= 4 is 17.6 Å². The molecule has 2 N–H and O–H groups in total. The van der Waals surface area contributed by atoms with Gasteiger partial charge in [0, 0.05) is 17.4 Å². The van der Waals surface area contributed by atoms with Gasteiger partial charge in [-0.15, -0.1) is 0 Å². The molecule has 0 radical (unpaired) electrons. The van der Waals surface area contributed by atoms with E-state index in [-0.39, 0.29) is 18.9 Å². The smallest absolute Gasteiger partial charge is 0.302 e. The minimum absolute atomic E-state index is 0.169. The fourth-order valence-corrected chi connectivity index (χ4v) is 1.39. The number of benzene rings is 1. The van der Waals surface area contributed by atoms with Crippen molar-refractivity contribution in [2.45, 2.75) is 12.3 Å². The summed E-state index contributed by atoms with van der Waals surface area (Å²) in [5, 5.41) is 0.607. The van der Waals surface area contributed by atoms with E-state index in [1.54, 1.807) is 24.3 Å². The van der Waals surface area contributed by atoms with Gasteiger partial charge >= 0.3 is 6.04 Å². The standard InChI is InChI=1S/C10H11ClFNO/c11-9-3-1-7(2-4-9)8(6-13)5-10(12)14/h1-4,8H,5-6,13H2. The maximum Gasteiger partial charge on any atom is 0.302 e. The van der Waals surface area contributed by atoms with Crippen LogP contribution in [0.25, 0.3) is 0 Å². The van der Waals surface area contributed by atoms with Gasteiger partial charge in [-0.2, -0.15) is 4.39 Å². The normalized spacial score (nSPS) is 12.5. The maximum absolute atomic E-state index is 12.2. The topological polar surface area (TPSA) is 43.1 Å². The number of hydrogen-bond donors (Lipinski definition) is 1. The Kier molecular flexibility index (Phi) is 4.04. The third kappa shape index (κ3) is 3.09.